The van der Waals surface area contributed by atoms with Crippen molar-refractivity contribution in [3.05, 3.63) is 69.7 Å². The van der Waals surface area contributed by atoms with Crippen LogP contribution in [0.15, 0.2) is 53.0 Å². The minimum Gasteiger partial charge on any atom is -0.332 e. The summed E-state index contributed by atoms with van der Waals surface area (Å²) in [6, 6.07) is 16.2. The first-order valence-corrected chi connectivity index (χ1v) is 8.08. The van der Waals surface area contributed by atoms with Crippen molar-refractivity contribution >= 4 is 21.8 Å². The van der Waals surface area contributed by atoms with Gasteiger partial charge in [-0.1, -0.05) is 40.2 Å². The van der Waals surface area contributed by atoms with Crippen molar-refractivity contribution < 1.29 is 4.79 Å². The third-order valence-corrected chi connectivity index (χ3v) is 4.68. The number of hydrogen-bond donors (Lipinski definition) is 0. The SMILES string of the molecule is Cc1ccccc1C1CCCN1C(=O)c1ccc(Br)cc1. The van der Waals surface area contributed by atoms with Gasteiger partial charge in [-0.05, 0) is 55.2 Å². The van der Waals surface area contributed by atoms with Gasteiger partial charge in [0.1, 0.15) is 0 Å². The minimum atomic E-state index is 0.133. The zero-order chi connectivity index (χ0) is 14.8. The lowest BCUT2D eigenvalue weighted by molar-refractivity contribution is 0.0735. The van der Waals surface area contributed by atoms with Gasteiger partial charge in [0, 0.05) is 16.6 Å². The van der Waals surface area contributed by atoms with Crippen LogP contribution in [0.4, 0.5) is 0 Å². The Morgan fingerprint density at radius 2 is 1.86 bits per heavy atom. The molecule has 1 amide bonds. The molecule has 1 saturated heterocycles. The standard InChI is InChI=1S/C18H18BrNO/c1-13-5-2-3-6-16(13)17-7-4-12-20(17)18(21)14-8-10-15(19)11-9-14/h2-3,5-6,8-11,17H,4,7,12H2,1H3. The van der Waals surface area contributed by atoms with E-state index in [1.54, 1.807) is 0 Å². The number of aryl methyl sites for hydroxylation is 1. The van der Waals surface area contributed by atoms with Gasteiger partial charge in [0.15, 0.2) is 0 Å². The molecule has 1 unspecified atom stereocenters. The Labute approximate surface area is 133 Å². The van der Waals surface area contributed by atoms with E-state index in [1.165, 1.54) is 11.1 Å². The first-order valence-electron chi connectivity index (χ1n) is 7.29. The third kappa shape index (κ3) is 2.88. The Hall–Kier alpha value is -1.61. The van der Waals surface area contributed by atoms with Crippen molar-refractivity contribution in [3.8, 4) is 0 Å². The first kappa shape index (κ1) is 14.3. The molecular weight excluding hydrogens is 326 g/mol. The Kier molecular flexibility index (Phi) is 4.11. The molecule has 0 bridgehead atoms. The number of carbonyl (C=O) groups is 1. The third-order valence-electron chi connectivity index (χ3n) is 4.15. The van der Waals surface area contributed by atoms with Crippen molar-refractivity contribution in [2.75, 3.05) is 6.54 Å². The predicted molar refractivity (Wildman–Crippen MR) is 88.3 cm³/mol. The number of halogens is 1. The molecule has 21 heavy (non-hydrogen) atoms. The lowest BCUT2D eigenvalue weighted by Crippen LogP contribution is -2.30. The molecule has 0 aromatic heterocycles. The summed E-state index contributed by atoms with van der Waals surface area (Å²) in [7, 11) is 0. The molecule has 0 N–H and O–H groups in total. The normalized spacial score (nSPS) is 18.0. The van der Waals surface area contributed by atoms with Gasteiger partial charge in [0.05, 0.1) is 6.04 Å². The average molecular weight is 344 g/mol. The first-order chi connectivity index (χ1) is 10.2. The van der Waals surface area contributed by atoms with Crippen molar-refractivity contribution in [3.63, 3.8) is 0 Å². The molecule has 0 saturated carbocycles. The molecule has 3 heteroatoms. The molecule has 0 radical (unpaired) electrons. The smallest absolute Gasteiger partial charge is 0.254 e. The van der Waals surface area contributed by atoms with E-state index in [1.807, 2.05) is 29.2 Å². The van der Waals surface area contributed by atoms with E-state index < -0.39 is 0 Å². The molecule has 1 aliphatic rings. The molecule has 0 aliphatic carbocycles. The van der Waals surface area contributed by atoms with Crippen molar-refractivity contribution in [1.29, 1.82) is 0 Å². The molecule has 1 heterocycles. The van der Waals surface area contributed by atoms with Gasteiger partial charge in [-0.2, -0.15) is 0 Å². The molecular formula is C18H18BrNO. The maximum atomic E-state index is 12.8. The van der Waals surface area contributed by atoms with E-state index in [9.17, 15) is 4.79 Å². The fourth-order valence-electron chi connectivity index (χ4n) is 3.05. The largest absolute Gasteiger partial charge is 0.332 e. The second-order valence-corrected chi connectivity index (χ2v) is 6.44. The lowest BCUT2D eigenvalue weighted by Gasteiger charge is -2.26. The van der Waals surface area contributed by atoms with Crippen LogP contribution < -0.4 is 0 Å². The van der Waals surface area contributed by atoms with Crippen LogP contribution >= 0.6 is 15.9 Å². The van der Waals surface area contributed by atoms with Crippen molar-refractivity contribution in [1.82, 2.24) is 4.90 Å². The van der Waals surface area contributed by atoms with Gasteiger partial charge in [-0.25, -0.2) is 0 Å². The summed E-state index contributed by atoms with van der Waals surface area (Å²) >= 11 is 3.41. The summed E-state index contributed by atoms with van der Waals surface area (Å²) < 4.78 is 0.996. The molecule has 1 aliphatic heterocycles. The fourth-order valence-corrected chi connectivity index (χ4v) is 3.32. The second-order valence-electron chi connectivity index (χ2n) is 5.52. The molecule has 2 nitrogen and oxygen atoms in total. The topological polar surface area (TPSA) is 20.3 Å². The van der Waals surface area contributed by atoms with Gasteiger partial charge < -0.3 is 4.90 Å². The van der Waals surface area contributed by atoms with Crippen LogP contribution in [-0.2, 0) is 0 Å². The van der Waals surface area contributed by atoms with Crippen LogP contribution in [-0.4, -0.2) is 17.4 Å². The molecule has 108 valence electrons. The van der Waals surface area contributed by atoms with Crippen molar-refractivity contribution in [2.24, 2.45) is 0 Å². The van der Waals surface area contributed by atoms with E-state index in [0.29, 0.717) is 0 Å². The molecule has 1 fully saturated rings. The van der Waals surface area contributed by atoms with E-state index >= 15 is 0 Å². The highest BCUT2D eigenvalue weighted by atomic mass is 79.9. The van der Waals surface area contributed by atoms with Crippen LogP contribution in [0.5, 0.6) is 0 Å². The highest BCUT2D eigenvalue weighted by molar-refractivity contribution is 9.10. The Morgan fingerprint density at radius 1 is 1.14 bits per heavy atom. The van der Waals surface area contributed by atoms with Gasteiger partial charge in [0.25, 0.3) is 5.91 Å². The monoisotopic (exact) mass is 343 g/mol. The summed E-state index contributed by atoms with van der Waals surface area (Å²) in [5.74, 6) is 0.133. The summed E-state index contributed by atoms with van der Waals surface area (Å²) in [6.07, 6.45) is 2.12. The maximum absolute atomic E-state index is 12.8. The van der Waals surface area contributed by atoms with E-state index in [-0.39, 0.29) is 11.9 Å². The summed E-state index contributed by atoms with van der Waals surface area (Å²) in [6.45, 7) is 2.96. The zero-order valence-electron chi connectivity index (χ0n) is 12.1. The van der Waals surface area contributed by atoms with Gasteiger partial charge in [-0.3, -0.25) is 4.79 Å². The Balaban J connectivity index is 1.89. The number of benzene rings is 2. The average Bonchev–Trinajstić information content (AvgIpc) is 2.97. The van der Waals surface area contributed by atoms with Gasteiger partial charge in [-0.15, -0.1) is 0 Å². The summed E-state index contributed by atoms with van der Waals surface area (Å²) in [5, 5.41) is 0. The summed E-state index contributed by atoms with van der Waals surface area (Å²) in [4.78, 5) is 14.8. The Morgan fingerprint density at radius 3 is 2.57 bits per heavy atom. The number of nitrogens with zero attached hydrogens (tertiary/aromatic N) is 1. The Bertz CT molecular complexity index is 651. The van der Waals surface area contributed by atoms with Crippen LogP contribution in [0.2, 0.25) is 0 Å². The number of carbonyl (C=O) groups excluding carboxylic acids is 1. The van der Waals surface area contributed by atoms with E-state index in [0.717, 1.165) is 29.4 Å². The number of amides is 1. The van der Waals surface area contributed by atoms with Crippen LogP contribution in [0.1, 0.15) is 40.4 Å². The molecule has 1 atom stereocenters. The van der Waals surface area contributed by atoms with Crippen LogP contribution in [0.3, 0.4) is 0 Å². The van der Waals surface area contributed by atoms with Gasteiger partial charge in [0.2, 0.25) is 0 Å². The van der Waals surface area contributed by atoms with E-state index in [2.05, 4.69) is 47.1 Å². The minimum absolute atomic E-state index is 0.133. The van der Waals surface area contributed by atoms with Crippen LogP contribution in [0, 0.1) is 6.92 Å². The number of rotatable bonds is 2. The predicted octanol–water partition coefficient (Wildman–Crippen LogP) is 4.73. The van der Waals surface area contributed by atoms with E-state index in [4.69, 9.17) is 0 Å². The zero-order valence-corrected chi connectivity index (χ0v) is 13.6. The quantitative estimate of drug-likeness (QED) is 0.771. The molecule has 2 aromatic carbocycles. The van der Waals surface area contributed by atoms with Crippen molar-refractivity contribution in [2.45, 2.75) is 25.8 Å². The fraction of sp³-hybridized carbons (Fsp3) is 0.278. The molecule has 0 spiro atoms. The van der Waals surface area contributed by atoms with Crippen LogP contribution in [0.25, 0.3) is 0 Å². The van der Waals surface area contributed by atoms with Gasteiger partial charge >= 0.3 is 0 Å². The number of hydrogen-bond acceptors (Lipinski definition) is 1. The molecule has 2 aromatic rings. The molecule has 3 rings (SSSR count). The maximum Gasteiger partial charge on any atom is 0.254 e. The highest BCUT2D eigenvalue weighted by Crippen LogP contribution is 2.34. The lowest BCUT2D eigenvalue weighted by atomic mass is 9.99. The highest BCUT2D eigenvalue weighted by Gasteiger charge is 2.31. The number of likely N-dealkylation sites (tertiary alicyclic amines) is 1. The summed E-state index contributed by atoms with van der Waals surface area (Å²) in [5.41, 5.74) is 3.30. The second kappa shape index (κ2) is 6.02.